The summed E-state index contributed by atoms with van der Waals surface area (Å²) in [4.78, 5) is 10.6. The van der Waals surface area contributed by atoms with Gasteiger partial charge in [-0.25, -0.2) is 0 Å². The smallest absolute Gasteiger partial charge is 0.303 e. The quantitative estimate of drug-likeness (QED) is 0.837. The fourth-order valence-corrected chi connectivity index (χ4v) is 2.55. The molecule has 18 heavy (non-hydrogen) atoms. The molecule has 1 saturated carbocycles. The molecule has 3 heteroatoms. The fourth-order valence-electron chi connectivity index (χ4n) is 2.55. The molecule has 3 nitrogen and oxygen atoms in total. The zero-order chi connectivity index (χ0) is 12.8. The summed E-state index contributed by atoms with van der Waals surface area (Å²) in [7, 11) is 0. The average Bonchev–Trinajstić information content (AvgIpc) is 2.38. The SMILES string of the molecule is O=C(O)CCc1cccc(NC2CCCCC2)c1. The van der Waals surface area contributed by atoms with Crippen molar-refractivity contribution in [1.29, 1.82) is 0 Å². The summed E-state index contributed by atoms with van der Waals surface area (Å²) in [5, 5.41) is 12.3. The van der Waals surface area contributed by atoms with E-state index in [0.717, 1.165) is 11.3 Å². The summed E-state index contributed by atoms with van der Waals surface area (Å²) in [5.41, 5.74) is 2.22. The number of hydrogen-bond acceptors (Lipinski definition) is 2. The molecular weight excluding hydrogens is 226 g/mol. The van der Waals surface area contributed by atoms with Crippen LogP contribution in [0.4, 0.5) is 5.69 Å². The summed E-state index contributed by atoms with van der Waals surface area (Å²) >= 11 is 0. The van der Waals surface area contributed by atoms with Crippen LogP contribution in [0.2, 0.25) is 0 Å². The second kappa shape index (κ2) is 6.43. The van der Waals surface area contributed by atoms with Crippen molar-refractivity contribution in [3.05, 3.63) is 29.8 Å². The van der Waals surface area contributed by atoms with Crippen LogP contribution in [-0.4, -0.2) is 17.1 Å². The van der Waals surface area contributed by atoms with E-state index in [1.54, 1.807) is 0 Å². The van der Waals surface area contributed by atoms with E-state index < -0.39 is 5.97 Å². The normalized spacial score (nSPS) is 16.4. The third kappa shape index (κ3) is 4.06. The first kappa shape index (κ1) is 12.9. The van der Waals surface area contributed by atoms with Crippen LogP contribution in [0.3, 0.4) is 0 Å². The van der Waals surface area contributed by atoms with Crippen molar-refractivity contribution in [2.75, 3.05) is 5.32 Å². The van der Waals surface area contributed by atoms with E-state index in [-0.39, 0.29) is 6.42 Å². The average molecular weight is 247 g/mol. The van der Waals surface area contributed by atoms with E-state index in [1.165, 1.54) is 32.1 Å². The molecule has 0 heterocycles. The lowest BCUT2D eigenvalue weighted by molar-refractivity contribution is -0.136. The molecule has 0 unspecified atom stereocenters. The second-order valence-electron chi connectivity index (χ2n) is 5.07. The third-order valence-corrected chi connectivity index (χ3v) is 3.53. The number of anilines is 1. The summed E-state index contributed by atoms with van der Waals surface area (Å²) in [6, 6.07) is 8.74. The first-order chi connectivity index (χ1) is 8.74. The molecule has 2 rings (SSSR count). The lowest BCUT2D eigenvalue weighted by Crippen LogP contribution is -2.22. The first-order valence-electron chi connectivity index (χ1n) is 6.81. The molecule has 1 fully saturated rings. The molecule has 0 amide bonds. The van der Waals surface area contributed by atoms with Crippen molar-refractivity contribution in [2.24, 2.45) is 0 Å². The Morgan fingerprint density at radius 3 is 2.78 bits per heavy atom. The molecule has 1 aliphatic rings. The molecular formula is C15H21NO2. The van der Waals surface area contributed by atoms with Crippen LogP contribution in [0.25, 0.3) is 0 Å². The van der Waals surface area contributed by atoms with Gasteiger partial charge in [0.2, 0.25) is 0 Å². The highest BCUT2D eigenvalue weighted by atomic mass is 16.4. The van der Waals surface area contributed by atoms with Crippen LogP contribution in [0.5, 0.6) is 0 Å². The van der Waals surface area contributed by atoms with Crippen molar-refractivity contribution >= 4 is 11.7 Å². The zero-order valence-electron chi connectivity index (χ0n) is 10.7. The number of rotatable bonds is 5. The molecule has 0 aromatic heterocycles. The molecule has 0 bridgehead atoms. The topological polar surface area (TPSA) is 49.3 Å². The highest BCUT2D eigenvalue weighted by Gasteiger charge is 2.12. The number of aryl methyl sites for hydroxylation is 1. The van der Waals surface area contributed by atoms with Gasteiger partial charge in [0, 0.05) is 18.2 Å². The largest absolute Gasteiger partial charge is 0.481 e. The minimum absolute atomic E-state index is 0.201. The van der Waals surface area contributed by atoms with Gasteiger partial charge in [0.05, 0.1) is 0 Å². The number of benzene rings is 1. The van der Waals surface area contributed by atoms with Crippen LogP contribution in [0.1, 0.15) is 44.1 Å². The number of carboxylic acid groups (broad SMARTS) is 1. The third-order valence-electron chi connectivity index (χ3n) is 3.53. The van der Waals surface area contributed by atoms with E-state index in [1.807, 2.05) is 12.1 Å². The number of carboxylic acids is 1. The van der Waals surface area contributed by atoms with Crippen molar-refractivity contribution in [3.8, 4) is 0 Å². The Hall–Kier alpha value is -1.51. The number of nitrogens with one attached hydrogen (secondary N) is 1. The summed E-state index contributed by atoms with van der Waals surface area (Å²) in [5.74, 6) is -0.736. The Labute approximate surface area is 108 Å². The predicted molar refractivity (Wildman–Crippen MR) is 72.9 cm³/mol. The molecule has 0 spiro atoms. The maximum absolute atomic E-state index is 10.6. The molecule has 0 atom stereocenters. The van der Waals surface area contributed by atoms with Crippen molar-refractivity contribution < 1.29 is 9.90 Å². The lowest BCUT2D eigenvalue weighted by Gasteiger charge is -2.24. The zero-order valence-corrected chi connectivity index (χ0v) is 10.7. The van der Waals surface area contributed by atoms with Crippen LogP contribution in [-0.2, 0) is 11.2 Å². The van der Waals surface area contributed by atoms with E-state index in [4.69, 9.17) is 5.11 Å². The molecule has 0 saturated heterocycles. The first-order valence-corrected chi connectivity index (χ1v) is 6.81. The van der Waals surface area contributed by atoms with Crippen molar-refractivity contribution in [3.63, 3.8) is 0 Å². The van der Waals surface area contributed by atoms with Gasteiger partial charge in [-0.3, -0.25) is 4.79 Å². The summed E-state index contributed by atoms with van der Waals surface area (Å²) in [6.07, 6.45) is 7.30. The fraction of sp³-hybridized carbons (Fsp3) is 0.533. The predicted octanol–water partition coefficient (Wildman–Crippen LogP) is 3.45. The molecule has 98 valence electrons. The van der Waals surface area contributed by atoms with Gasteiger partial charge in [0.1, 0.15) is 0 Å². The van der Waals surface area contributed by atoms with Gasteiger partial charge in [0.15, 0.2) is 0 Å². The van der Waals surface area contributed by atoms with Gasteiger partial charge in [-0.2, -0.15) is 0 Å². The van der Waals surface area contributed by atoms with Gasteiger partial charge in [0.25, 0.3) is 0 Å². The van der Waals surface area contributed by atoms with Gasteiger partial charge >= 0.3 is 5.97 Å². The van der Waals surface area contributed by atoms with Crippen LogP contribution >= 0.6 is 0 Å². The Balaban J connectivity index is 1.91. The Morgan fingerprint density at radius 1 is 1.28 bits per heavy atom. The molecule has 1 aromatic carbocycles. The van der Waals surface area contributed by atoms with Crippen molar-refractivity contribution in [1.82, 2.24) is 0 Å². The van der Waals surface area contributed by atoms with Gasteiger partial charge in [-0.1, -0.05) is 31.4 Å². The van der Waals surface area contributed by atoms with E-state index in [9.17, 15) is 4.79 Å². The monoisotopic (exact) mass is 247 g/mol. The number of hydrogen-bond donors (Lipinski definition) is 2. The van der Waals surface area contributed by atoms with Crippen LogP contribution in [0, 0.1) is 0 Å². The Bertz CT molecular complexity index is 397. The maximum atomic E-state index is 10.6. The van der Waals surface area contributed by atoms with Crippen LogP contribution < -0.4 is 5.32 Å². The highest BCUT2D eigenvalue weighted by Crippen LogP contribution is 2.22. The summed E-state index contributed by atoms with van der Waals surface area (Å²) < 4.78 is 0. The molecule has 0 aliphatic heterocycles. The summed E-state index contributed by atoms with van der Waals surface area (Å²) in [6.45, 7) is 0. The van der Waals surface area contributed by atoms with E-state index in [0.29, 0.717) is 12.5 Å². The van der Waals surface area contributed by atoms with Gasteiger partial charge in [-0.15, -0.1) is 0 Å². The van der Waals surface area contributed by atoms with Crippen LogP contribution in [0.15, 0.2) is 24.3 Å². The molecule has 0 radical (unpaired) electrons. The maximum Gasteiger partial charge on any atom is 0.303 e. The minimum Gasteiger partial charge on any atom is -0.481 e. The highest BCUT2D eigenvalue weighted by molar-refractivity contribution is 5.67. The molecule has 1 aromatic rings. The standard InChI is InChI=1S/C15H21NO2/c17-15(18)10-9-12-5-4-8-14(11-12)16-13-6-2-1-3-7-13/h4-5,8,11,13,16H,1-3,6-7,9-10H2,(H,17,18). The van der Waals surface area contributed by atoms with E-state index >= 15 is 0 Å². The number of aliphatic carboxylic acids is 1. The van der Waals surface area contributed by atoms with Crippen molar-refractivity contribution in [2.45, 2.75) is 51.0 Å². The minimum atomic E-state index is -0.736. The number of carbonyl (C=O) groups is 1. The van der Waals surface area contributed by atoms with Gasteiger partial charge in [-0.05, 0) is 37.0 Å². The second-order valence-corrected chi connectivity index (χ2v) is 5.07. The van der Waals surface area contributed by atoms with Gasteiger partial charge < -0.3 is 10.4 Å². The Morgan fingerprint density at radius 2 is 2.06 bits per heavy atom. The Kier molecular flexibility index (Phi) is 4.62. The molecule has 1 aliphatic carbocycles. The lowest BCUT2D eigenvalue weighted by atomic mass is 9.95. The molecule has 2 N–H and O–H groups in total. The van der Waals surface area contributed by atoms with E-state index in [2.05, 4.69) is 17.4 Å².